The van der Waals surface area contributed by atoms with Gasteiger partial charge in [-0.2, -0.15) is 0 Å². The van der Waals surface area contributed by atoms with E-state index in [1.54, 1.807) is 30.3 Å². The van der Waals surface area contributed by atoms with Crippen LogP contribution in [0.5, 0.6) is 11.5 Å². The largest absolute Gasteiger partial charge is 0.496 e. The first kappa shape index (κ1) is 15.7. The van der Waals surface area contributed by atoms with E-state index in [1.807, 2.05) is 6.92 Å². The smallest absolute Gasteiger partial charge is 0.203 e. The van der Waals surface area contributed by atoms with Gasteiger partial charge >= 0.3 is 0 Å². The molecule has 0 atom stereocenters. The summed E-state index contributed by atoms with van der Waals surface area (Å²) in [5, 5.41) is 0.629. The van der Waals surface area contributed by atoms with Gasteiger partial charge in [-0.05, 0) is 30.7 Å². The highest BCUT2D eigenvalue weighted by atomic mass is 35.5. The van der Waals surface area contributed by atoms with Gasteiger partial charge in [0.05, 0.1) is 29.8 Å². The number of rotatable bonds is 4. The Morgan fingerprint density at radius 2 is 1.52 bits per heavy atom. The maximum absolute atomic E-state index is 12.9. The van der Waals surface area contributed by atoms with Crippen LogP contribution in [-0.4, -0.2) is 20.0 Å². The van der Waals surface area contributed by atoms with E-state index in [9.17, 15) is 4.79 Å². The molecular weight excluding hydrogens is 311 g/mol. The molecule has 21 heavy (non-hydrogen) atoms. The van der Waals surface area contributed by atoms with Crippen LogP contribution in [0.25, 0.3) is 0 Å². The molecule has 0 heterocycles. The summed E-state index contributed by atoms with van der Waals surface area (Å²) in [4.78, 5) is 12.9. The highest BCUT2D eigenvalue weighted by Gasteiger charge is 2.24. The number of benzene rings is 2. The van der Waals surface area contributed by atoms with E-state index in [4.69, 9.17) is 32.7 Å². The second-order valence-electron chi connectivity index (χ2n) is 4.42. The molecule has 0 saturated heterocycles. The minimum absolute atomic E-state index is 0.251. The Bertz CT molecular complexity index is 674. The summed E-state index contributed by atoms with van der Waals surface area (Å²) in [6, 6.07) is 8.54. The summed E-state index contributed by atoms with van der Waals surface area (Å²) in [7, 11) is 2.98. The van der Waals surface area contributed by atoms with E-state index in [0.717, 1.165) is 5.56 Å². The third kappa shape index (κ3) is 2.85. The fourth-order valence-electron chi connectivity index (χ4n) is 2.06. The zero-order valence-electron chi connectivity index (χ0n) is 11.9. The van der Waals surface area contributed by atoms with Crippen molar-refractivity contribution in [1.82, 2.24) is 0 Å². The number of ketones is 1. The van der Waals surface area contributed by atoms with E-state index < -0.39 is 0 Å². The number of hydrogen-bond donors (Lipinski definition) is 0. The van der Waals surface area contributed by atoms with Crippen molar-refractivity contribution < 1.29 is 14.3 Å². The van der Waals surface area contributed by atoms with Crippen molar-refractivity contribution in [2.45, 2.75) is 6.92 Å². The molecule has 0 aliphatic carbocycles. The van der Waals surface area contributed by atoms with Gasteiger partial charge in [0.25, 0.3) is 0 Å². The standard InChI is InChI=1S/C16H14Cl2O3/c1-9-7-8-10(17)13(15(9)18)16(19)14-11(20-2)5-4-6-12(14)21-3/h4-8H,1-3H3. The highest BCUT2D eigenvalue weighted by molar-refractivity contribution is 6.41. The Kier molecular flexibility index (Phi) is 4.76. The molecule has 2 aromatic carbocycles. The lowest BCUT2D eigenvalue weighted by Crippen LogP contribution is -2.08. The third-order valence-corrected chi connectivity index (χ3v) is 3.97. The monoisotopic (exact) mass is 324 g/mol. The molecular formula is C16H14Cl2O3. The Morgan fingerprint density at radius 3 is 2.05 bits per heavy atom. The van der Waals surface area contributed by atoms with E-state index in [1.165, 1.54) is 14.2 Å². The number of carbonyl (C=O) groups is 1. The summed E-state index contributed by atoms with van der Waals surface area (Å²) in [6.07, 6.45) is 0. The van der Waals surface area contributed by atoms with Crippen LogP contribution in [-0.2, 0) is 0 Å². The predicted molar refractivity (Wildman–Crippen MR) is 84.2 cm³/mol. The molecule has 0 aromatic heterocycles. The van der Waals surface area contributed by atoms with Crippen LogP contribution in [0.4, 0.5) is 0 Å². The van der Waals surface area contributed by atoms with Crippen molar-refractivity contribution in [3.8, 4) is 11.5 Å². The fourth-order valence-corrected chi connectivity index (χ4v) is 2.61. The summed E-state index contributed by atoms with van der Waals surface area (Å²) >= 11 is 12.4. The van der Waals surface area contributed by atoms with Crippen LogP contribution in [0, 0.1) is 6.92 Å². The van der Waals surface area contributed by atoms with Crippen molar-refractivity contribution >= 4 is 29.0 Å². The minimum Gasteiger partial charge on any atom is -0.496 e. The molecule has 0 N–H and O–H groups in total. The molecule has 5 heteroatoms. The van der Waals surface area contributed by atoms with Crippen molar-refractivity contribution in [3.05, 3.63) is 57.1 Å². The van der Waals surface area contributed by atoms with Crippen LogP contribution >= 0.6 is 23.2 Å². The van der Waals surface area contributed by atoms with Crippen molar-refractivity contribution in [2.24, 2.45) is 0 Å². The fraction of sp³-hybridized carbons (Fsp3) is 0.188. The summed E-state index contributed by atoms with van der Waals surface area (Å²) in [6.45, 7) is 1.81. The molecule has 3 nitrogen and oxygen atoms in total. The topological polar surface area (TPSA) is 35.5 Å². The zero-order chi connectivity index (χ0) is 15.6. The van der Waals surface area contributed by atoms with E-state index in [0.29, 0.717) is 27.1 Å². The van der Waals surface area contributed by atoms with Gasteiger partial charge in [-0.3, -0.25) is 4.79 Å². The minimum atomic E-state index is -0.331. The summed E-state index contributed by atoms with van der Waals surface area (Å²) in [5.74, 6) is 0.490. The zero-order valence-corrected chi connectivity index (χ0v) is 13.4. The first-order valence-corrected chi connectivity index (χ1v) is 6.97. The van der Waals surface area contributed by atoms with Crippen molar-refractivity contribution in [2.75, 3.05) is 14.2 Å². The average molecular weight is 325 g/mol. The van der Waals surface area contributed by atoms with E-state index in [2.05, 4.69) is 0 Å². The number of ether oxygens (including phenoxy) is 2. The molecule has 0 spiro atoms. The second kappa shape index (κ2) is 6.37. The summed E-state index contributed by atoms with van der Waals surface area (Å²) < 4.78 is 10.5. The van der Waals surface area contributed by atoms with E-state index >= 15 is 0 Å². The molecule has 0 aliphatic heterocycles. The Morgan fingerprint density at radius 1 is 0.952 bits per heavy atom. The Hall–Kier alpha value is -1.71. The maximum Gasteiger partial charge on any atom is 0.203 e. The van der Waals surface area contributed by atoms with Crippen LogP contribution in [0.15, 0.2) is 30.3 Å². The van der Waals surface area contributed by atoms with Crippen molar-refractivity contribution in [1.29, 1.82) is 0 Å². The van der Waals surface area contributed by atoms with Crippen molar-refractivity contribution in [3.63, 3.8) is 0 Å². The summed E-state index contributed by atoms with van der Waals surface area (Å²) in [5.41, 5.74) is 1.33. The van der Waals surface area contributed by atoms with Gasteiger partial charge in [-0.15, -0.1) is 0 Å². The predicted octanol–water partition coefficient (Wildman–Crippen LogP) is 4.55. The SMILES string of the molecule is COc1cccc(OC)c1C(=O)c1c(Cl)ccc(C)c1Cl. The van der Waals surface area contributed by atoms with Gasteiger partial charge in [-0.25, -0.2) is 0 Å². The lowest BCUT2D eigenvalue weighted by Gasteiger charge is -2.14. The third-order valence-electron chi connectivity index (χ3n) is 3.17. The maximum atomic E-state index is 12.9. The number of hydrogen-bond acceptors (Lipinski definition) is 3. The van der Waals surface area contributed by atoms with Gasteiger partial charge in [0, 0.05) is 0 Å². The van der Waals surface area contributed by atoms with Gasteiger partial charge in [0.15, 0.2) is 0 Å². The van der Waals surface area contributed by atoms with E-state index in [-0.39, 0.29) is 11.3 Å². The molecule has 110 valence electrons. The van der Waals surface area contributed by atoms with Gasteiger partial charge < -0.3 is 9.47 Å². The molecule has 0 aliphatic rings. The first-order chi connectivity index (χ1) is 10.0. The van der Waals surface area contributed by atoms with Crippen LogP contribution < -0.4 is 9.47 Å². The lowest BCUT2D eigenvalue weighted by atomic mass is 9.99. The average Bonchev–Trinajstić information content (AvgIpc) is 2.50. The van der Waals surface area contributed by atoms with Gasteiger partial charge in [0.2, 0.25) is 5.78 Å². The second-order valence-corrected chi connectivity index (χ2v) is 5.21. The molecule has 0 bridgehead atoms. The number of aryl methyl sites for hydroxylation is 1. The molecule has 0 unspecified atom stereocenters. The molecule has 0 fully saturated rings. The van der Waals surface area contributed by atoms with Gasteiger partial charge in [-0.1, -0.05) is 35.3 Å². The van der Waals surface area contributed by atoms with Crippen LogP contribution in [0.2, 0.25) is 10.0 Å². The Labute approximate surface area is 133 Å². The number of carbonyl (C=O) groups excluding carboxylic acids is 1. The Balaban J connectivity index is 2.69. The first-order valence-electron chi connectivity index (χ1n) is 6.21. The van der Waals surface area contributed by atoms with Crippen LogP contribution in [0.1, 0.15) is 21.5 Å². The molecule has 2 rings (SSSR count). The van der Waals surface area contributed by atoms with Gasteiger partial charge in [0.1, 0.15) is 17.1 Å². The number of halogens is 2. The highest BCUT2D eigenvalue weighted by Crippen LogP contribution is 2.36. The quantitative estimate of drug-likeness (QED) is 0.774. The number of methoxy groups -OCH3 is 2. The molecule has 0 radical (unpaired) electrons. The lowest BCUT2D eigenvalue weighted by molar-refractivity contribution is 0.103. The molecule has 0 saturated carbocycles. The normalized spacial score (nSPS) is 10.3. The van der Waals surface area contributed by atoms with Crippen LogP contribution in [0.3, 0.4) is 0 Å². The molecule has 2 aromatic rings. The molecule has 0 amide bonds.